The number of hydrogen-bond donors (Lipinski definition) is 0. The van der Waals surface area contributed by atoms with E-state index in [0.29, 0.717) is 17.8 Å². The van der Waals surface area contributed by atoms with Gasteiger partial charge in [-0.15, -0.1) is 0 Å². The van der Waals surface area contributed by atoms with Crippen LogP contribution in [0.4, 0.5) is 8.78 Å². The number of aromatic nitrogens is 3. The summed E-state index contributed by atoms with van der Waals surface area (Å²) >= 11 is 0. The molecule has 0 fully saturated rings. The Labute approximate surface area is 141 Å². The van der Waals surface area contributed by atoms with Gasteiger partial charge in [0.05, 0.1) is 12.2 Å². The van der Waals surface area contributed by atoms with Crippen molar-refractivity contribution in [3.63, 3.8) is 0 Å². The van der Waals surface area contributed by atoms with Crippen molar-refractivity contribution >= 4 is 5.52 Å². The lowest BCUT2D eigenvalue weighted by molar-refractivity contribution is 0.626. The molecule has 0 bridgehead atoms. The molecule has 25 heavy (non-hydrogen) atoms. The molecule has 2 aromatic heterocycles. The van der Waals surface area contributed by atoms with Gasteiger partial charge in [-0.05, 0) is 48.0 Å². The molecule has 4 aromatic rings. The Hall–Kier alpha value is -3.28. The molecule has 0 aliphatic heterocycles. The number of rotatable bonds is 3. The molecule has 0 unspecified atom stereocenters. The molecule has 124 valence electrons. The number of hydrogen-bond acceptors (Lipinski definition) is 2. The highest BCUT2D eigenvalue weighted by atomic mass is 19.1. The Morgan fingerprint density at radius 3 is 2.20 bits per heavy atom. The Bertz CT molecular complexity index is 1100. The maximum Gasteiger partial charge on any atom is 0.276 e. The van der Waals surface area contributed by atoms with Crippen molar-refractivity contribution in [1.29, 1.82) is 0 Å². The summed E-state index contributed by atoms with van der Waals surface area (Å²) in [4.78, 5) is 12.7. The van der Waals surface area contributed by atoms with Crippen LogP contribution < -0.4 is 5.56 Å². The minimum Gasteiger partial charge on any atom is -0.308 e. The van der Waals surface area contributed by atoms with Crippen molar-refractivity contribution in [2.24, 2.45) is 0 Å². The molecule has 0 N–H and O–H groups in total. The lowest BCUT2D eigenvalue weighted by atomic mass is 10.1. The van der Waals surface area contributed by atoms with Gasteiger partial charge in [0.1, 0.15) is 17.2 Å². The van der Waals surface area contributed by atoms with Gasteiger partial charge in [-0.3, -0.25) is 4.79 Å². The predicted molar refractivity (Wildman–Crippen MR) is 90.3 cm³/mol. The van der Waals surface area contributed by atoms with Crippen LogP contribution in [0.1, 0.15) is 5.56 Å². The molecule has 6 heteroatoms. The summed E-state index contributed by atoms with van der Waals surface area (Å²) in [5, 5.41) is 4.36. The second kappa shape index (κ2) is 5.98. The van der Waals surface area contributed by atoms with Gasteiger partial charge in [0.25, 0.3) is 5.56 Å². The van der Waals surface area contributed by atoms with Crippen LogP contribution >= 0.6 is 0 Å². The summed E-state index contributed by atoms with van der Waals surface area (Å²) in [5.41, 5.74) is 2.37. The highest BCUT2D eigenvalue weighted by Crippen LogP contribution is 2.18. The van der Waals surface area contributed by atoms with E-state index in [2.05, 4.69) is 5.10 Å². The fourth-order valence-electron chi connectivity index (χ4n) is 2.70. The monoisotopic (exact) mass is 337 g/mol. The minimum atomic E-state index is -0.325. The highest BCUT2D eigenvalue weighted by molar-refractivity contribution is 5.65. The molecule has 0 atom stereocenters. The van der Waals surface area contributed by atoms with Crippen LogP contribution in [0, 0.1) is 11.6 Å². The summed E-state index contributed by atoms with van der Waals surface area (Å²) in [6.07, 6.45) is 3.33. The smallest absolute Gasteiger partial charge is 0.276 e. The zero-order valence-corrected chi connectivity index (χ0v) is 13.1. The predicted octanol–water partition coefficient (Wildman–Crippen LogP) is 3.49. The summed E-state index contributed by atoms with van der Waals surface area (Å²) in [5.74, 6) is -0.638. The van der Waals surface area contributed by atoms with E-state index in [1.807, 2.05) is 0 Å². The molecule has 0 aliphatic carbocycles. The summed E-state index contributed by atoms with van der Waals surface area (Å²) < 4.78 is 29.1. The van der Waals surface area contributed by atoms with E-state index >= 15 is 0 Å². The Balaban J connectivity index is 1.73. The molecule has 0 radical (unpaired) electrons. The van der Waals surface area contributed by atoms with Crippen LogP contribution in [0.3, 0.4) is 0 Å². The largest absolute Gasteiger partial charge is 0.308 e. The maximum absolute atomic E-state index is 13.1. The fourth-order valence-corrected chi connectivity index (χ4v) is 2.70. The zero-order valence-electron chi connectivity index (χ0n) is 13.1. The topological polar surface area (TPSA) is 39.3 Å². The van der Waals surface area contributed by atoms with E-state index in [4.69, 9.17) is 0 Å². The first-order valence-electron chi connectivity index (χ1n) is 7.69. The van der Waals surface area contributed by atoms with Crippen molar-refractivity contribution in [1.82, 2.24) is 14.2 Å². The third-order valence-corrected chi connectivity index (χ3v) is 4.01. The standard InChI is InChI=1S/C19H13F2N3O/c20-15-5-1-13(2-6-15)12-23-9-10-24-18(19(23)25)11-17(22-24)14-3-7-16(21)8-4-14/h1-11H,12H2. The number of nitrogens with zero attached hydrogens (tertiary/aromatic N) is 3. The van der Waals surface area contributed by atoms with Gasteiger partial charge in [0.2, 0.25) is 0 Å². The molecule has 2 heterocycles. The fraction of sp³-hybridized carbons (Fsp3) is 0.0526. The van der Waals surface area contributed by atoms with E-state index in [1.54, 1.807) is 47.3 Å². The molecular weight excluding hydrogens is 324 g/mol. The Morgan fingerprint density at radius 2 is 1.52 bits per heavy atom. The second-order valence-corrected chi connectivity index (χ2v) is 5.72. The summed E-state index contributed by atoms with van der Waals surface area (Å²) in [6.45, 7) is 0.340. The van der Waals surface area contributed by atoms with Gasteiger partial charge in [0, 0.05) is 18.0 Å². The van der Waals surface area contributed by atoms with Gasteiger partial charge in [-0.1, -0.05) is 12.1 Å². The molecule has 0 amide bonds. The zero-order chi connectivity index (χ0) is 17.4. The van der Waals surface area contributed by atoms with Crippen LogP contribution in [-0.2, 0) is 6.54 Å². The minimum absolute atomic E-state index is 0.201. The SMILES string of the molecule is O=c1c2cc(-c3ccc(F)cc3)nn2ccn1Cc1ccc(F)cc1. The second-order valence-electron chi connectivity index (χ2n) is 5.72. The van der Waals surface area contributed by atoms with E-state index in [9.17, 15) is 13.6 Å². The van der Waals surface area contributed by atoms with Crippen LogP contribution in [0.2, 0.25) is 0 Å². The van der Waals surface area contributed by atoms with Crippen molar-refractivity contribution in [3.05, 3.63) is 94.5 Å². The lowest BCUT2D eigenvalue weighted by Gasteiger charge is -2.06. The first kappa shape index (κ1) is 15.3. The molecule has 0 spiro atoms. The number of halogens is 2. The Morgan fingerprint density at radius 1 is 0.880 bits per heavy atom. The molecule has 4 nitrogen and oxygen atoms in total. The first-order valence-corrected chi connectivity index (χ1v) is 7.69. The molecule has 2 aromatic carbocycles. The number of benzene rings is 2. The first-order chi connectivity index (χ1) is 12.1. The highest BCUT2D eigenvalue weighted by Gasteiger charge is 2.09. The average Bonchev–Trinajstić information content (AvgIpc) is 3.05. The van der Waals surface area contributed by atoms with E-state index in [0.717, 1.165) is 11.1 Å². The van der Waals surface area contributed by atoms with Crippen LogP contribution in [0.25, 0.3) is 16.8 Å². The Kier molecular flexibility index (Phi) is 3.65. The van der Waals surface area contributed by atoms with Gasteiger partial charge in [-0.25, -0.2) is 13.3 Å². The van der Waals surface area contributed by atoms with E-state index in [-0.39, 0.29) is 17.2 Å². The quantitative estimate of drug-likeness (QED) is 0.574. The molecule has 4 rings (SSSR count). The average molecular weight is 337 g/mol. The van der Waals surface area contributed by atoms with Crippen molar-refractivity contribution in [3.8, 4) is 11.3 Å². The van der Waals surface area contributed by atoms with E-state index < -0.39 is 0 Å². The van der Waals surface area contributed by atoms with Crippen molar-refractivity contribution in [2.75, 3.05) is 0 Å². The van der Waals surface area contributed by atoms with E-state index in [1.165, 1.54) is 28.8 Å². The van der Waals surface area contributed by atoms with Crippen molar-refractivity contribution < 1.29 is 8.78 Å². The van der Waals surface area contributed by atoms with Crippen LogP contribution in [0.15, 0.2) is 71.8 Å². The van der Waals surface area contributed by atoms with Crippen LogP contribution in [-0.4, -0.2) is 14.2 Å². The normalized spacial score (nSPS) is 11.1. The molecule has 0 saturated heterocycles. The van der Waals surface area contributed by atoms with Gasteiger partial charge < -0.3 is 4.57 Å². The third-order valence-electron chi connectivity index (χ3n) is 4.01. The van der Waals surface area contributed by atoms with Crippen molar-refractivity contribution in [2.45, 2.75) is 6.54 Å². The lowest BCUT2D eigenvalue weighted by Crippen LogP contribution is -2.21. The third kappa shape index (κ3) is 2.94. The van der Waals surface area contributed by atoms with Gasteiger partial charge in [-0.2, -0.15) is 5.10 Å². The summed E-state index contributed by atoms with van der Waals surface area (Å²) in [6, 6.07) is 13.6. The maximum atomic E-state index is 13.1. The molecule has 0 aliphatic rings. The van der Waals surface area contributed by atoms with Crippen LogP contribution in [0.5, 0.6) is 0 Å². The van der Waals surface area contributed by atoms with Gasteiger partial charge >= 0.3 is 0 Å². The van der Waals surface area contributed by atoms with Gasteiger partial charge in [0.15, 0.2) is 0 Å². The molecular formula is C19H13F2N3O. The molecule has 0 saturated carbocycles. The number of fused-ring (bicyclic) bond motifs is 1. The summed E-state index contributed by atoms with van der Waals surface area (Å²) in [7, 11) is 0.